The smallest absolute Gasteiger partial charge is 0.247 e. The molecule has 4 N–H and O–H groups in total. The summed E-state index contributed by atoms with van der Waals surface area (Å²) in [7, 11) is 0. The van der Waals surface area contributed by atoms with Crippen molar-refractivity contribution in [2.24, 2.45) is 16.3 Å². The lowest BCUT2D eigenvalue weighted by atomic mass is 9.91. The van der Waals surface area contributed by atoms with Gasteiger partial charge >= 0.3 is 0 Å². The zero-order valence-electron chi connectivity index (χ0n) is 11.6. The molecule has 1 aliphatic heterocycles. The second-order valence-electron chi connectivity index (χ2n) is 5.59. The van der Waals surface area contributed by atoms with Crippen LogP contribution in [-0.4, -0.2) is 34.0 Å². The molecule has 2 atom stereocenters. The minimum Gasteiger partial charge on any atom is -0.409 e. The van der Waals surface area contributed by atoms with Crippen molar-refractivity contribution in [3.05, 3.63) is 0 Å². The van der Waals surface area contributed by atoms with Crippen molar-refractivity contribution in [1.29, 1.82) is 0 Å². The third-order valence-corrected chi connectivity index (χ3v) is 3.74. The van der Waals surface area contributed by atoms with Gasteiger partial charge < -0.3 is 10.9 Å². The Labute approximate surface area is 108 Å². The van der Waals surface area contributed by atoms with E-state index in [9.17, 15) is 4.79 Å². The van der Waals surface area contributed by atoms with Gasteiger partial charge in [0.25, 0.3) is 0 Å². The van der Waals surface area contributed by atoms with E-state index in [2.05, 4.69) is 24.4 Å². The highest BCUT2D eigenvalue weighted by atomic mass is 16.4. The van der Waals surface area contributed by atoms with Crippen LogP contribution in [0, 0.1) is 5.41 Å². The number of amides is 1. The summed E-state index contributed by atoms with van der Waals surface area (Å²) in [6.07, 6.45) is 3.31. The first-order valence-corrected chi connectivity index (χ1v) is 6.38. The molecule has 18 heavy (non-hydrogen) atoms. The molecular weight excluding hydrogens is 232 g/mol. The van der Waals surface area contributed by atoms with Gasteiger partial charge in [-0.15, -0.1) is 0 Å². The number of oxime groups is 1. The van der Waals surface area contributed by atoms with Crippen LogP contribution in [0.3, 0.4) is 0 Å². The van der Waals surface area contributed by atoms with E-state index in [0.29, 0.717) is 12.1 Å². The van der Waals surface area contributed by atoms with E-state index in [1.165, 1.54) is 6.42 Å². The van der Waals surface area contributed by atoms with Gasteiger partial charge in [0.2, 0.25) is 5.91 Å². The predicted molar refractivity (Wildman–Crippen MR) is 69.9 cm³/mol. The Morgan fingerprint density at radius 2 is 1.89 bits per heavy atom. The molecule has 6 nitrogen and oxygen atoms in total. The summed E-state index contributed by atoms with van der Waals surface area (Å²) in [6, 6.07) is 0.613. The maximum atomic E-state index is 12.2. The number of hydrazine groups is 1. The molecule has 0 saturated carbocycles. The number of rotatable bonds is 3. The summed E-state index contributed by atoms with van der Waals surface area (Å²) in [5.41, 5.74) is 7.42. The Morgan fingerprint density at radius 3 is 2.33 bits per heavy atom. The minimum atomic E-state index is -1.02. The first kappa shape index (κ1) is 14.8. The zero-order chi connectivity index (χ0) is 13.9. The monoisotopic (exact) mass is 256 g/mol. The van der Waals surface area contributed by atoms with Gasteiger partial charge in [-0.1, -0.05) is 11.6 Å². The van der Waals surface area contributed by atoms with Gasteiger partial charge in [-0.05, 0) is 40.5 Å². The Balaban J connectivity index is 2.74. The van der Waals surface area contributed by atoms with Crippen molar-refractivity contribution in [2.45, 2.75) is 59.0 Å². The molecule has 1 saturated heterocycles. The Kier molecular flexibility index (Phi) is 4.56. The Hall–Kier alpha value is -1.30. The topological polar surface area (TPSA) is 91.0 Å². The molecule has 0 aromatic carbocycles. The maximum Gasteiger partial charge on any atom is 0.247 e. The van der Waals surface area contributed by atoms with E-state index in [4.69, 9.17) is 10.9 Å². The molecule has 6 heteroatoms. The summed E-state index contributed by atoms with van der Waals surface area (Å²) in [5.74, 6) is -0.337. The van der Waals surface area contributed by atoms with Crippen LogP contribution in [0.1, 0.15) is 47.0 Å². The lowest BCUT2D eigenvalue weighted by molar-refractivity contribution is -0.134. The number of carbonyl (C=O) groups excluding carboxylic acids is 1. The molecule has 1 rings (SSSR count). The quantitative estimate of drug-likeness (QED) is 0.305. The number of nitrogens with one attached hydrogen (secondary N) is 1. The van der Waals surface area contributed by atoms with Crippen molar-refractivity contribution in [3.63, 3.8) is 0 Å². The second kappa shape index (κ2) is 5.56. The molecular formula is C12H24N4O2. The number of hydrogen-bond donors (Lipinski definition) is 3. The van der Waals surface area contributed by atoms with Crippen molar-refractivity contribution >= 4 is 11.7 Å². The SMILES string of the molecule is CC1CCCC(C)N1NC(=O)C(C)(C)C(N)=NO. The lowest BCUT2D eigenvalue weighted by Gasteiger charge is -2.40. The average Bonchev–Trinajstić information content (AvgIpc) is 2.32. The fourth-order valence-electron chi connectivity index (χ4n) is 2.14. The summed E-state index contributed by atoms with van der Waals surface area (Å²) in [6.45, 7) is 7.45. The van der Waals surface area contributed by atoms with Crippen LogP contribution in [0.4, 0.5) is 0 Å². The number of amidine groups is 1. The number of carbonyl (C=O) groups is 1. The largest absolute Gasteiger partial charge is 0.409 e. The summed E-state index contributed by atoms with van der Waals surface area (Å²) < 4.78 is 0. The van der Waals surface area contributed by atoms with E-state index < -0.39 is 5.41 Å². The summed E-state index contributed by atoms with van der Waals surface area (Å²) >= 11 is 0. The molecule has 1 fully saturated rings. The Morgan fingerprint density at radius 1 is 1.39 bits per heavy atom. The van der Waals surface area contributed by atoms with Crippen molar-refractivity contribution < 1.29 is 10.0 Å². The molecule has 1 amide bonds. The fraction of sp³-hybridized carbons (Fsp3) is 0.833. The molecule has 1 aliphatic rings. The highest BCUT2D eigenvalue weighted by Crippen LogP contribution is 2.22. The van der Waals surface area contributed by atoms with Crippen molar-refractivity contribution in [1.82, 2.24) is 10.4 Å². The van der Waals surface area contributed by atoms with Crippen LogP contribution in [0.25, 0.3) is 0 Å². The van der Waals surface area contributed by atoms with Crippen molar-refractivity contribution in [2.75, 3.05) is 0 Å². The highest BCUT2D eigenvalue weighted by Gasteiger charge is 2.36. The van der Waals surface area contributed by atoms with Gasteiger partial charge in [0.05, 0.1) is 0 Å². The zero-order valence-corrected chi connectivity index (χ0v) is 11.6. The molecule has 0 aromatic rings. The van der Waals surface area contributed by atoms with Gasteiger partial charge in [-0.25, -0.2) is 5.01 Å². The van der Waals surface area contributed by atoms with E-state index in [0.717, 1.165) is 12.8 Å². The first-order chi connectivity index (χ1) is 8.30. The number of nitrogens with two attached hydrogens (primary N) is 1. The lowest BCUT2D eigenvalue weighted by Crippen LogP contribution is -2.58. The van der Waals surface area contributed by atoms with Crippen LogP contribution in [0.5, 0.6) is 0 Å². The summed E-state index contributed by atoms with van der Waals surface area (Å²) in [4.78, 5) is 12.2. The third kappa shape index (κ3) is 2.93. The third-order valence-electron chi connectivity index (χ3n) is 3.74. The number of hydrogen-bond acceptors (Lipinski definition) is 4. The molecule has 0 radical (unpaired) electrons. The minimum absolute atomic E-state index is 0.0858. The van der Waals surface area contributed by atoms with Gasteiger partial charge in [0.15, 0.2) is 5.84 Å². The molecule has 0 spiro atoms. The van der Waals surface area contributed by atoms with Gasteiger partial charge in [0, 0.05) is 12.1 Å². The number of nitrogens with zero attached hydrogens (tertiary/aromatic N) is 2. The molecule has 0 aromatic heterocycles. The van der Waals surface area contributed by atoms with Gasteiger partial charge in [0.1, 0.15) is 5.41 Å². The van der Waals surface area contributed by atoms with Crippen LogP contribution < -0.4 is 11.2 Å². The second-order valence-corrected chi connectivity index (χ2v) is 5.59. The van der Waals surface area contributed by atoms with Gasteiger partial charge in [-0.2, -0.15) is 0 Å². The highest BCUT2D eigenvalue weighted by molar-refractivity contribution is 6.05. The molecule has 0 aliphatic carbocycles. The van der Waals surface area contributed by atoms with Crippen molar-refractivity contribution in [3.8, 4) is 0 Å². The van der Waals surface area contributed by atoms with Crippen LogP contribution in [0.15, 0.2) is 5.16 Å². The maximum absolute atomic E-state index is 12.2. The van der Waals surface area contributed by atoms with E-state index >= 15 is 0 Å². The van der Waals surface area contributed by atoms with Gasteiger partial charge in [-0.3, -0.25) is 10.2 Å². The van der Waals surface area contributed by atoms with Crippen LogP contribution >= 0.6 is 0 Å². The van der Waals surface area contributed by atoms with E-state index in [1.54, 1.807) is 13.8 Å². The van der Waals surface area contributed by atoms with Crippen LogP contribution in [-0.2, 0) is 4.79 Å². The molecule has 104 valence electrons. The fourth-order valence-corrected chi connectivity index (χ4v) is 2.14. The van der Waals surface area contributed by atoms with Crippen LogP contribution in [0.2, 0.25) is 0 Å². The first-order valence-electron chi connectivity index (χ1n) is 6.38. The molecule has 0 bridgehead atoms. The average molecular weight is 256 g/mol. The molecule has 1 heterocycles. The summed E-state index contributed by atoms with van der Waals surface area (Å²) in [5, 5.41) is 13.6. The Bertz CT molecular complexity index is 331. The standard InChI is InChI=1S/C12H24N4O2/c1-8-6-5-7-9(2)16(8)14-11(17)12(3,4)10(13)15-18/h8-9,18H,5-7H2,1-4H3,(H2,13,15)(H,14,17). The van der Waals surface area contributed by atoms with E-state index in [1.807, 2.05) is 5.01 Å². The number of piperidine rings is 1. The van der Waals surface area contributed by atoms with E-state index in [-0.39, 0.29) is 11.7 Å². The normalized spacial score (nSPS) is 27.0. The predicted octanol–water partition coefficient (Wildman–Crippen LogP) is 1.05. The molecule has 2 unspecified atom stereocenters.